The van der Waals surface area contributed by atoms with E-state index >= 15 is 0 Å². The zero-order chi connectivity index (χ0) is 21.8. The second kappa shape index (κ2) is 6.83. The summed E-state index contributed by atoms with van der Waals surface area (Å²) in [4.78, 5) is 48.5. The minimum absolute atomic E-state index is 0.165. The average molecular weight is 420 g/mol. The number of carbonyl (C=O) groups excluding carboxylic acids is 3. The summed E-state index contributed by atoms with van der Waals surface area (Å²) in [6.07, 6.45) is 1.49. The maximum absolute atomic E-state index is 12.6. The topological polar surface area (TPSA) is 122 Å². The molecule has 5 rings (SSSR count). The van der Waals surface area contributed by atoms with E-state index in [1.54, 1.807) is 18.2 Å². The van der Waals surface area contributed by atoms with Crippen molar-refractivity contribution < 1.29 is 18.8 Å². The Hall–Kier alpha value is -3.88. The second-order valence-electron chi connectivity index (χ2n) is 8.12. The van der Waals surface area contributed by atoms with Crippen LogP contribution in [-0.4, -0.2) is 28.0 Å². The van der Waals surface area contributed by atoms with Crippen LogP contribution in [0.15, 0.2) is 45.6 Å². The maximum atomic E-state index is 12.6. The van der Waals surface area contributed by atoms with Gasteiger partial charge in [0.1, 0.15) is 12.1 Å². The zero-order valence-corrected chi connectivity index (χ0v) is 16.8. The summed E-state index contributed by atoms with van der Waals surface area (Å²) in [5, 5.41) is 7.87. The minimum atomic E-state index is -0.892. The Morgan fingerprint density at radius 3 is 2.77 bits per heavy atom. The van der Waals surface area contributed by atoms with E-state index in [0.29, 0.717) is 36.0 Å². The molecule has 158 valence electrons. The molecule has 2 aliphatic rings. The van der Waals surface area contributed by atoms with E-state index in [9.17, 15) is 19.2 Å². The highest BCUT2D eigenvalue weighted by Crippen LogP contribution is 2.32. The van der Waals surface area contributed by atoms with Gasteiger partial charge in [0, 0.05) is 12.1 Å². The number of fused-ring (bicyclic) bond motifs is 2. The van der Waals surface area contributed by atoms with Gasteiger partial charge >= 0.3 is 11.8 Å². The van der Waals surface area contributed by atoms with Crippen LogP contribution in [0.25, 0.3) is 11.1 Å². The fourth-order valence-electron chi connectivity index (χ4n) is 4.37. The van der Waals surface area contributed by atoms with Crippen LogP contribution in [0, 0.1) is 6.92 Å². The van der Waals surface area contributed by atoms with Crippen LogP contribution in [-0.2, 0) is 29.0 Å². The normalized spacial score (nSPS) is 19.9. The van der Waals surface area contributed by atoms with Crippen molar-refractivity contribution in [3.8, 4) is 0 Å². The number of imide groups is 1. The van der Waals surface area contributed by atoms with E-state index in [4.69, 9.17) is 4.42 Å². The quantitative estimate of drug-likeness (QED) is 0.556. The van der Waals surface area contributed by atoms with Gasteiger partial charge in [-0.05, 0) is 60.7 Å². The molecule has 2 aromatic carbocycles. The van der Waals surface area contributed by atoms with Crippen molar-refractivity contribution in [2.75, 3.05) is 5.32 Å². The zero-order valence-electron chi connectivity index (χ0n) is 16.8. The molecule has 2 heterocycles. The van der Waals surface area contributed by atoms with E-state index in [-0.39, 0.29) is 18.4 Å². The van der Waals surface area contributed by atoms with Crippen molar-refractivity contribution in [2.24, 2.45) is 0 Å². The SMILES string of the molecule is Cc1ccc2oc(=O)n(CC(=O)Nc3ccc4c(c3)CCC3(C4)NC(=O)NC3=O)c2c1. The number of carbonyl (C=O) groups is 3. The number of aryl methyl sites for hydroxylation is 2. The van der Waals surface area contributed by atoms with Crippen LogP contribution in [0.4, 0.5) is 10.5 Å². The van der Waals surface area contributed by atoms with Crippen LogP contribution in [0.2, 0.25) is 0 Å². The Kier molecular flexibility index (Phi) is 4.21. The fraction of sp³-hybridized carbons (Fsp3) is 0.273. The molecule has 4 amide bonds. The Balaban J connectivity index is 1.33. The monoisotopic (exact) mass is 420 g/mol. The number of benzene rings is 2. The number of nitrogens with one attached hydrogen (secondary N) is 3. The molecule has 1 spiro atoms. The first-order valence-electron chi connectivity index (χ1n) is 9.98. The van der Waals surface area contributed by atoms with Gasteiger partial charge in [-0.25, -0.2) is 9.59 Å². The van der Waals surface area contributed by atoms with Gasteiger partial charge in [0.2, 0.25) is 5.91 Å². The molecule has 1 unspecified atom stereocenters. The number of hydrogen-bond donors (Lipinski definition) is 3. The number of rotatable bonds is 3. The van der Waals surface area contributed by atoms with Gasteiger partial charge in [0.05, 0.1) is 5.52 Å². The van der Waals surface area contributed by atoms with Crippen LogP contribution in [0.3, 0.4) is 0 Å². The summed E-state index contributed by atoms with van der Waals surface area (Å²) in [5.74, 6) is -1.22. The van der Waals surface area contributed by atoms with Gasteiger partial charge in [0.25, 0.3) is 5.91 Å². The highest BCUT2D eigenvalue weighted by Gasteiger charge is 2.47. The Morgan fingerprint density at radius 2 is 2.00 bits per heavy atom. The van der Waals surface area contributed by atoms with Crippen LogP contribution in [0.1, 0.15) is 23.1 Å². The molecule has 1 aromatic heterocycles. The number of aromatic nitrogens is 1. The molecule has 3 aromatic rings. The Morgan fingerprint density at radius 1 is 1.16 bits per heavy atom. The van der Waals surface area contributed by atoms with Crippen molar-refractivity contribution in [3.05, 3.63) is 63.6 Å². The van der Waals surface area contributed by atoms with Gasteiger partial charge in [-0.1, -0.05) is 12.1 Å². The lowest BCUT2D eigenvalue weighted by molar-refractivity contribution is -0.124. The third-order valence-corrected chi connectivity index (χ3v) is 5.94. The molecule has 3 N–H and O–H groups in total. The van der Waals surface area contributed by atoms with E-state index in [1.807, 2.05) is 25.1 Å². The summed E-state index contributed by atoms with van der Waals surface area (Å²) >= 11 is 0. The van der Waals surface area contributed by atoms with Crippen molar-refractivity contribution in [2.45, 2.75) is 38.3 Å². The van der Waals surface area contributed by atoms with Gasteiger partial charge in [-0.15, -0.1) is 0 Å². The smallest absolute Gasteiger partial charge is 0.408 e. The van der Waals surface area contributed by atoms with Gasteiger partial charge in [-0.3, -0.25) is 19.5 Å². The summed E-state index contributed by atoms with van der Waals surface area (Å²) in [6, 6.07) is 10.4. The van der Waals surface area contributed by atoms with Crippen molar-refractivity contribution >= 4 is 34.6 Å². The number of oxazole rings is 1. The van der Waals surface area contributed by atoms with Gasteiger partial charge < -0.3 is 15.1 Å². The number of nitrogens with zero attached hydrogens (tertiary/aromatic N) is 1. The third-order valence-electron chi connectivity index (χ3n) is 5.94. The van der Waals surface area contributed by atoms with Crippen molar-refractivity contribution in [1.29, 1.82) is 0 Å². The number of urea groups is 1. The molecule has 1 aliphatic carbocycles. The van der Waals surface area contributed by atoms with Crippen LogP contribution >= 0.6 is 0 Å². The highest BCUT2D eigenvalue weighted by atomic mass is 16.4. The van der Waals surface area contributed by atoms with E-state index in [1.165, 1.54) is 4.57 Å². The lowest BCUT2D eigenvalue weighted by atomic mass is 9.78. The molecule has 31 heavy (non-hydrogen) atoms. The summed E-state index contributed by atoms with van der Waals surface area (Å²) in [7, 11) is 0. The van der Waals surface area contributed by atoms with Gasteiger partial charge in [0.15, 0.2) is 5.58 Å². The molecular formula is C22H20N4O5. The first-order chi connectivity index (χ1) is 14.8. The molecule has 0 bridgehead atoms. The Labute approximate surface area is 176 Å². The predicted molar refractivity (Wildman–Crippen MR) is 112 cm³/mol. The fourth-order valence-corrected chi connectivity index (χ4v) is 4.37. The Bertz CT molecular complexity index is 1320. The van der Waals surface area contributed by atoms with Crippen molar-refractivity contribution in [3.63, 3.8) is 0 Å². The van der Waals surface area contributed by atoms with E-state index < -0.39 is 17.3 Å². The van der Waals surface area contributed by atoms with E-state index in [0.717, 1.165) is 16.7 Å². The molecule has 9 heteroatoms. The molecule has 1 fully saturated rings. The summed E-state index contributed by atoms with van der Waals surface area (Å²) in [6.45, 7) is 1.74. The maximum Gasteiger partial charge on any atom is 0.420 e. The standard InChI is InChI=1S/C22H20N4O5/c1-12-2-5-17-16(8-12)26(21(30)31-17)11-18(27)23-15-4-3-14-10-22(7-6-13(14)9-15)19(28)24-20(29)25-22/h2-5,8-9H,6-7,10-11H2,1H3,(H,23,27)(H2,24,25,28,29). The molecular weight excluding hydrogens is 400 g/mol. The molecule has 9 nitrogen and oxygen atoms in total. The summed E-state index contributed by atoms with van der Waals surface area (Å²) in [5.41, 5.74) is 3.66. The number of amides is 4. The predicted octanol–water partition coefficient (Wildman–Crippen LogP) is 1.61. The van der Waals surface area contributed by atoms with E-state index in [2.05, 4.69) is 16.0 Å². The molecule has 0 radical (unpaired) electrons. The lowest BCUT2D eigenvalue weighted by Gasteiger charge is -2.32. The van der Waals surface area contributed by atoms with Crippen LogP contribution < -0.4 is 21.7 Å². The number of hydrogen-bond acceptors (Lipinski definition) is 5. The molecule has 1 aliphatic heterocycles. The minimum Gasteiger partial charge on any atom is -0.408 e. The molecule has 1 atom stereocenters. The number of anilines is 1. The van der Waals surface area contributed by atoms with Gasteiger partial charge in [-0.2, -0.15) is 0 Å². The largest absolute Gasteiger partial charge is 0.420 e. The average Bonchev–Trinajstić information content (AvgIpc) is 3.17. The molecule has 0 saturated carbocycles. The van der Waals surface area contributed by atoms with Crippen LogP contribution in [0.5, 0.6) is 0 Å². The third kappa shape index (κ3) is 3.27. The highest BCUT2D eigenvalue weighted by molar-refractivity contribution is 6.07. The second-order valence-corrected chi connectivity index (χ2v) is 8.12. The first kappa shape index (κ1) is 19.1. The summed E-state index contributed by atoms with van der Waals surface area (Å²) < 4.78 is 6.51. The van der Waals surface area contributed by atoms with Crippen molar-refractivity contribution in [1.82, 2.24) is 15.2 Å². The molecule has 1 saturated heterocycles. The lowest BCUT2D eigenvalue weighted by Crippen LogP contribution is -2.51. The first-order valence-corrected chi connectivity index (χ1v) is 9.98.